The highest BCUT2D eigenvalue weighted by Gasteiger charge is 2.08. The summed E-state index contributed by atoms with van der Waals surface area (Å²) in [5, 5.41) is 3.42. The Kier molecular flexibility index (Phi) is 3.81. The second-order valence-corrected chi connectivity index (χ2v) is 4.77. The fourth-order valence-electron chi connectivity index (χ4n) is 1.07. The first-order valence-electron chi connectivity index (χ1n) is 4.82. The summed E-state index contributed by atoms with van der Waals surface area (Å²) in [7, 11) is 0. The van der Waals surface area contributed by atoms with Crippen LogP contribution in [0, 0.1) is 5.92 Å². The lowest BCUT2D eigenvalue weighted by Gasteiger charge is -2.20. The highest BCUT2D eigenvalue weighted by Crippen LogP contribution is 2.26. The van der Waals surface area contributed by atoms with E-state index < -0.39 is 0 Å². The van der Waals surface area contributed by atoms with Gasteiger partial charge in [0.05, 0.1) is 5.69 Å². The molecule has 0 amide bonds. The van der Waals surface area contributed by atoms with Gasteiger partial charge in [0.1, 0.15) is 0 Å². The van der Waals surface area contributed by atoms with Gasteiger partial charge in [0, 0.05) is 16.2 Å². The summed E-state index contributed by atoms with van der Waals surface area (Å²) < 4.78 is 1.05. The Balaban J connectivity index is 2.80. The van der Waals surface area contributed by atoms with E-state index in [1.807, 2.05) is 18.2 Å². The minimum absolute atomic E-state index is 0.438. The van der Waals surface area contributed by atoms with E-state index in [2.05, 4.69) is 42.0 Å². The average molecular weight is 257 g/mol. The highest BCUT2D eigenvalue weighted by molar-refractivity contribution is 9.10. The van der Waals surface area contributed by atoms with Crippen LogP contribution in [0.3, 0.4) is 0 Å². The fourth-order valence-corrected chi connectivity index (χ4v) is 1.43. The molecule has 1 aromatic rings. The monoisotopic (exact) mass is 256 g/mol. The van der Waals surface area contributed by atoms with E-state index in [4.69, 9.17) is 5.73 Å². The maximum absolute atomic E-state index is 5.72. The maximum Gasteiger partial charge on any atom is 0.0507 e. The largest absolute Gasteiger partial charge is 0.399 e. The third-order valence-electron chi connectivity index (χ3n) is 2.37. The van der Waals surface area contributed by atoms with Crippen LogP contribution in [0.1, 0.15) is 20.8 Å². The molecule has 1 aromatic carbocycles. The molecule has 0 aliphatic heterocycles. The number of nitrogens with two attached hydrogens (primary N) is 1. The molecular formula is C11H17BrN2. The van der Waals surface area contributed by atoms with Crippen LogP contribution in [0.15, 0.2) is 22.7 Å². The van der Waals surface area contributed by atoms with Gasteiger partial charge in [0.25, 0.3) is 0 Å². The van der Waals surface area contributed by atoms with Gasteiger partial charge < -0.3 is 11.1 Å². The van der Waals surface area contributed by atoms with Crippen molar-refractivity contribution in [1.29, 1.82) is 0 Å². The van der Waals surface area contributed by atoms with E-state index in [1.54, 1.807) is 0 Å². The molecule has 0 aliphatic rings. The molecule has 1 atom stereocenters. The van der Waals surface area contributed by atoms with E-state index in [-0.39, 0.29) is 0 Å². The summed E-state index contributed by atoms with van der Waals surface area (Å²) in [4.78, 5) is 0. The molecule has 1 unspecified atom stereocenters. The zero-order valence-corrected chi connectivity index (χ0v) is 10.4. The molecule has 0 spiro atoms. The molecule has 78 valence electrons. The van der Waals surface area contributed by atoms with Crippen LogP contribution >= 0.6 is 15.9 Å². The van der Waals surface area contributed by atoms with Crippen molar-refractivity contribution in [1.82, 2.24) is 0 Å². The molecule has 1 rings (SSSR count). The normalized spacial score (nSPS) is 12.9. The van der Waals surface area contributed by atoms with Crippen molar-refractivity contribution in [2.24, 2.45) is 5.92 Å². The third-order valence-corrected chi connectivity index (χ3v) is 3.07. The van der Waals surface area contributed by atoms with Gasteiger partial charge in [0.15, 0.2) is 0 Å². The second-order valence-electron chi connectivity index (χ2n) is 3.92. The topological polar surface area (TPSA) is 38.0 Å². The molecule has 0 saturated heterocycles. The minimum Gasteiger partial charge on any atom is -0.399 e. The zero-order valence-electron chi connectivity index (χ0n) is 8.84. The molecule has 3 heteroatoms. The lowest BCUT2D eigenvalue weighted by atomic mass is 10.1. The Bertz CT molecular complexity index is 310. The fraction of sp³-hybridized carbons (Fsp3) is 0.455. The van der Waals surface area contributed by atoms with E-state index in [9.17, 15) is 0 Å². The second kappa shape index (κ2) is 4.69. The van der Waals surface area contributed by atoms with Crippen LogP contribution in [0.5, 0.6) is 0 Å². The number of hydrogen-bond donors (Lipinski definition) is 2. The average Bonchev–Trinajstić information content (AvgIpc) is 2.11. The van der Waals surface area contributed by atoms with Crippen molar-refractivity contribution in [2.75, 3.05) is 11.1 Å². The lowest BCUT2D eigenvalue weighted by Crippen LogP contribution is -2.21. The van der Waals surface area contributed by atoms with Crippen molar-refractivity contribution in [2.45, 2.75) is 26.8 Å². The van der Waals surface area contributed by atoms with Gasteiger partial charge in [-0.05, 0) is 47.0 Å². The molecule has 14 heavy (non-hydrogen) atoms. The molecule has 3 N–H and O–H groups in total. The van der Waals surface area contributed by atoms with Crippen molar-refractivity contribution in [3.8, 4) is 0 Å². The number of benzene rings is 1. The van der Waals surface area contributed by atoms with Crippen LogP contribution in [0.4, 0.5) is 11.4 Å². The molecule has 0 bridgehead atoms. The first kappa shape index (κ1) is 11.4. The molecule has 2 nitrogen and oxygen atoms in total. The number of halogens is 1. The zero-order chi connectivity index (χ0) is 10.7. The van der Waals surface area contributed by atoms with Gasteiger partial charge in [-0.2, -0.15) is 0 Å². The van der Waals surface area contributed by atoms with Crippen molar-refractivity contribution >= 4 is 27.3 Å². The molecule has 0 radical (unpaired) electrons. The van der Waals surface area contributed by atoms with Gasteiger partial charge >= 0.3 is 0 Å². The number of nitrogens with one attached hydrogen (secondary N) is 1. The molecule has 0 aliphatic carbocycles. The van der Waals surface area contributed by atoms with E-state index in [0.29, 0.717) is 12.0 Å². The van der Waals surface area contributed by atoms with Gasteiger partial charge in [-0.1, -0.05) is 13.8 Å². The first-order chi connectivity index (χ1) is 6.50. The predicted molar refractivity (Wildman–Crippen MR) is 66.5 cm³/mol. The quantitative estimate of drug-likeness (QED) is 0.813. The summed E-state index contributed by atoms with van der Waals surface area (Å²) in [5.74, 6) is 0.600. The Morgan fingerprint density at radius 1 is 1.29 bits per heavy atom. The Hall–Kier alpha value is -0.700. The third kappa shape index (κ3) is 2.91. The lowest BCUT2D eigenvalue weighted by molar-refractivity contribution is 0.560. The van der Waals surface area contributed by atoms with Crippen molar-refractivity contribution in [3.05, 3.63) is 22.7 Å². The van der Waals surface area contributed by atoms with Crippen molar-refractivity contribution in [3.63, 3.8) is 0 Å². The molecule has 0 heterocycles. The van der Waals surface area contributed by atoms with E-state index >= 15 is 0 Å². The standard InChI is InChI=1S/C11H17BrN2/c1-7(2)8(3)14-11-6-9(13)4-5-10(11)12/h4-8,14H,13H2,1-3H3. The summed E-state index contributed by atoms with van der Waals surface area (Å²) in [6.07, 6.45) is 0. The van der Waals surface area contributed by atoms with Gasteiger partial charge in [-0.15, -0.1) is 0 Å². The minimum atomic E-state index is 0.438. The van der Waals surface area contributed by atoms with Crippen LogP contribution < -0.4 is 11.1 Å². The molecule has 0 fully saturated rings. The first-order valence-corrected chi connectivity index (χ1v) is 5.61. The number of anilines is 2. The molecule has 0 aromatic heterocycles. The molecular weight excluding hydrogens is 240 g/mol. The SMILES string of the molecule is CC(C)C(C)Nc1cc(N)ccc1Br. The summed E-state index contributed by atoms with van der Waals surface area (Å²) >= 11 is 3.49. The predicted octanol–water partition coefficient (Wildman–Crippen LogP) is 3.49. The van der Waals surface area contributed by atoms with E-state index in [1.165, 1.54) is 0 Å². The van der Waals surface area contributed by atoms with Gasteiger partial charge in [0.2, 0.25) is 0 Å². The Morgan fingerprint density at radius 2 is 1.93 bits per heavy atom. The summed E-state index contributed by atoms with van der Waals surface area (Å²) in [6, 6.07) is 6.23. The van der Waals surface area contributed by atoms with Gasteiger partial charge in [-0.25, -0.2) is 0 Å². The number of rotatable bonds is 3. The molecule has 0 saturated carbocycles. The Labute approximate surface area is 94.0 Å². The maximum atomic E-state index is 5.72. The van der Waals surface area contributed by atoms with Crippen LogP contribution in [-0.4, -0.2) is 6.04 Å². The number of nitrogen functional groups attached to an aromatic ring is 1. The summed E-state index contributed by atoms with van der Waals surface area (Å²) in [5.41, 5.74) is 7.56. The summed E-state index contributed by atoms with van der Waals surface area (Å²) in [6.45, 7) is 6.55. The van der Waals surface area contributed by atoms with Crippen LogP contribution in [0.25, 0.3) is 0 Å². The van der Waals surface area contributed by atoms with Crippen LogP contribution in [0.2, 0.25) is 0 Å². The van der Waals surface area contributed by atoms with Crippen LogP contribution in [-0.2, 0) is 0 Å². The van der Waals surface area contributed by atoms with E-state index in [0.717, 1.165) is 15.8 Å². The van der Waals surface area contributed by atoms with Gasteiger partial charge in [-0.3, -0.25) is 0 Å². The highest BCUT2D eigenvalue weighted by atomic mass is 79.9. The smallest absolute Gasteiger partial charge is 0.0507 e. The Morgan fingerprint density at radius 3 is 2.50 bits per heavy atom. The van der Waals surface area contributed by atoms with Crippen molar-refractivity contribution < 1.29 is 0 Å². The number of hydrogen-bond acceptors (Lipinski definition) is 2.